The van der Waals surface area contributed by atoms with E-state index in [1.807, 2.05) is 49.4 Å². The fourth-order valence-corrected chi connectivity index (χ4v) is 2.23. The molecule has 3 rings (SSSR count). The van der Waals surface area contributed by atoms with Gasteiger partial charge in [-0.3, -0.25) is 4.79 Å². The average molecular weight is 298 g/mol. The second-order valence-corrected chi connectivity index (χ2v) is 5.07. The number of carbonyl (C=O) groups excluding carboxylic acids is 1. The van der Waals surface area contributed by atoms with Crippen molar-refractivity contribution < 1.29 is 14.3 Å². The monoisotopic (exact) mass is 298 g/mol. The van der Waals surface area contributed by atoms with Gasteiger partial charge in [-0.1, -0.05) is 6.92 Å². The van der Waals surface area contributed by atoms with Crippen molar-refractivity contribution in [3.05, 3.63) is 42.5 Å². The molecule has 5 heteroatoms. The SMILES string of the molecule is CCCC(=O)Nc1ccc(Nc2ccc3c(c2)OCO3)cc1. The van der Waals surface area contributed by atoms with E-state index in [9.17, 15) is 4.79 Å². The van der Waals surface area contributed by atoms with E-state index >= 15 is 0 Å². The molecule has 2 N–H and O–H groups in total. The smallest absolute Gasteiger partial charge is 0.231 e. The van der Waals surface area contributed by atoms with E-state index in [2.05, 4.69) is 10.6 Å². The number of hydrogen-bond donors (Lipinski definition) is 2. The van der Waals surface area contributed by atoms with Crippen LogP contribution in [0.5, 0.6) is 11.5 Å². The lowest BCUT2D eigenvalue weighted by molar-refractivity contribution is -0.116. The van der Waals surface area contributed by atoms with Gasteiger partial charge in [-0.2, -0.15) is 0 Å². The standard InChI is InChI=1S/C17H18N2O3/c1-2-3-17(20)19-13-6-4-12(5-7-13)18-14-8-9-15-16(10-14)22-11-21-15/h4-10,18H,2-3,11H2,1H3,(H,19,20). The summed E-state index contributed by atoms with van der Waals surface area (Å²) >= 11 is 0. The number of hydrogen-bond acceptors (Lipinski definition) is 4. The van der Waals surface area contributed by atoms with Crippen molar-refractivity contribution in [2.45, 2.75) is 19.8 Å². The predicted molar refractivity (Wildman–Crippen MR) is 85.8 cm³/mol. The Kier molecular flexibility index (Phi) is 4.14. The Labute approximate surface area is 129 Å². The Morgan fingerprint density at radius 2 is 1.68 bits per heavy atom. The van der Waals surface area contributed by atoms with Crippen molar-refractivity contribution >= 4 is 23.0 Å². The molecule has 5 nitrogen and oxygen atoms in total. The predicted octanol–water partition coefficient (Wildman–Crippen LogP) is 3.90. The molecule has 0 saturated heterocycles. The summed E-state index contributed by atoms with van der Waals surface area (Å²) in [5, 5.41) is 6.16. The molecule has 0 aliphatic carbocycles. The average Bonchev–Trinajstić information content (AvgIpc) is 2.97. The molecule has 2 aromatic rings. The summed E-state index contributed by atoms with van der Waals surface area (Å²) in [7, 11) is 0. The van der Waals surface area contributed by atoms with Crippen molar-refractivity contribution in [2.75, 3.05) is 17.4 Å². The largest absolute Gasteiger partial charge is 0.454 e. The van der Waals surface area contributed by atoms with Gasteiger partial charge >= 0.3 is 0 Å². The third kappa shape index (κ3) is 3.31. The van der Waals surface area contributed by atoms with Gasteiger partial charge in [0.05, 0.1) is 0 Å². The van der Waals surface area contributed by atoms with Gasteiger partial charge in [-0.15, -0.1) is 0 Å². The van der Waals surface area contributed by atoms with Crippen LogP contribution in [-0.4, -0.2) is 12.7 Å². The Morgan fingerprint density at radius 1 is 1.00 bits per heavy atom. The van der Waals surface area contributed by atoms with E-state index in [4.69, 9.17) is 9.47 Å². The van der Waals surface area contributed by atoms with Crippen LogP contribution < -0.4 is 20.1 Å². The highest BCUT2D eigenvalue weighted by atomic mass is 16.7. The second-order valence-electron chi connectivity index (χ2n) is 5.07. The highest BCUT2D eigenvalue weighted by molar-refractivity contribution is 5.90. The molecule has 0 atom stereocenters. The van der Waals surface area contributed by atoms with Crippen LogP contribution >= 0.6 is 0 Å². The second kappa shape index (κ2) is 6.39. The minimum Gasteiger partial charge on any atom is -0.454 e. The molecule has 0 spiro atoms. The van der Waals surface area contributed by atoms with Crippen molar-refractivity contribution in [1.82, 2.24) is 0 Å². The Bertz CT molecular complexity index is 668. The van der Waals surface area contributed by atoms with Crippen LogP contribution in [0.25, 0.3) is 0 Å². The van der Waals surface area contributed by atoms with Gasteiger partial charge in [0, 0.05) is 29.5 Å². The van der Waals surface area contributed by atoms with Crippen LogP contribution in [0.1, 0.15) is 19.8 Å². The molecule has 22 heavy (non-hydrogen) atoms. The molecule has 1 amide bonds. The van der Waals surface area contributed by atoms with E-state index < -0.39 is 0 Å². The molecule has 1 aliphatic rings. The molecule has 0 aromatic heterocycles. The summed E-state index contributed by atoms with van der Waals surface area (Å²) in [4.78, 5) is 11.5. The van der Waals surface area contributed by atoms with Gasteiger partial charge < -0.3 is 20.1 Å². The summed E-state index contributed by atoms with van der Waals surface area (Å²) in [5.74, 6) is 1.55. The van der Waals surface area contributed by atoms with Gasteiger partial charge in [0.2, 0.25) is 12.7 Å². The number of anilines is 3. The maximum atomic E-state index is 11.5. The number of carbonyl (C=O) groups is 1. The normalized spacial score (nSPS) is 12.0. The zero-order valence-corrected chi connectivity index (χ0v) is 12.4. The lowest BCUT2D eigenvalue weighted by atomic mass is 10.2. The van der Waals surface area contributed by atoms with Crippen LogP contribution in [0.3, 0.4) is 0 Å². The molecule has 1 aliphatic heterocycles. The van der Waals surface area contributed by atoms with Gasteiger partial charge in [-0.25, -0.2) is 0 Å². The maximum absolute atomic E-state index is 11.5. The van der Waals surface area contributed by atoms with Crippen molar-refractivity contribution in [3.63, 3.8) is 0 Å². The third-order valence-electron chi connectivity index (χ3n) is 3.31. The molecule has 0 saturated carbocycles. The number of ether oxygens (including phenoxy) is 2. The lowest BCUT2D eigenvalue weighted by Gasteiger charge is -2.09. The first kappa shape index (κ1) is 14.3. The molecule has 0 bridgehead atoms. The Balaban J connectivity index is 1.64. The summed E-state index contributed by atoms with van der Waals surface area (Å²) in [6.07, 6.45) is 1.38. The van der Waals surface area contributed by atoms with Crippen LogP contribution in [0.4, 0.5) is 17.1 Å². The molecule has 2 aromatic carbocycles. The highest BCUT2D eigenvalue weighted by Gasteiger charge is 2.13. The zero-order valence-electron chi connectivity index (χ0n) is 12.4. The fourth-order valence-electron chi connectivity index (χ4n) is 2.23. The Hall–Kier alpha value is -2.69. The molecule has 0 fully saturated rings. The Morgan fingerprint density at radius 3 is 2.45 bits per heavy atom. The van der Waals surface area contributed by atoms with E-state index in [0.717, 1.165) is 35.0 Å². The maximum Gasteiger partial charge on any atom is 0.231 e. The van der Waals surface area contributed by atoms with Crippen molar-refractivity contribution in [1.29, 1.82) is 0 Å². The molecular weight excluding hydrogens is 280 g/mol. The summed E-state index contributed by atoms with van der Waals surface area (Å²) < 4.78 is 10.6. The third-order valence-corrected chi connectivity index (χ3v) is 3.31. The van der Waals surface area contributed by atoms with E-state index in [1.54, 1.807) is 0 Å². The lowest BCUT2D eigenvalue weighted by Crippen LogP contribution is -2.10. The number of rotatable bonds is 5. The first-order valence-electron chi connectivity index (χ1n) is 7.31. The zero-order chi connectivity index (χ0) is 15.4. The van der Waals surface area contributed by atoms with Crippen molar-refractivity contribution in [3.8, 4) is 11.5 Å². The van der Waals surface area contributed by atoms with E-state index in [0.29, 0.717) is 6.42 Å². The topological polar surface area (TPSA) is 59.6 Å². The summed E-state index contributed by atoms with van der Waals surface area (Å²) in [5.41, 5.74) is 2.66. The van der Waals surface area contributed by atoms with Gasteiger partial charge in [-0.05, 0) is 42.8 Å². The number of amides is 1. The van der Waals surface area contributed by atoms with Crippen LogP contribution in [0.2, 0.25) is 0 Å². The number of nitrogens with one attached hydrogen (secondary N) is 2. The summed E-state index contributed by atoms with van der Waals surface area (Å²) in [6.45, 7) is 2.25. The minimum atomic E-state index is 0.0407. The quantitative estimate of drug-likeness (QED) is 0.879. The van der Waals surface area contributed by atoms with Crippen LogP contribution in [-0.2, 0) is 4.79 Å². The molecule has 0 radical (unpaired) electrons. The first-order chi connectivity index (χ1) is 10.7. The molecule has 1 heterocycles. The van der Waals surface area contributed by atoms with Gasteiger partial charge in [0.15, 0.2) is 11.5 Å². The van der Waals surface area contributed by atoms with E-state index in [1.165, 1.54) is 0 Å². The fraction of sp³-hybridized carbons (Fsp3) is 0.235. The van der Waals surface area contributed by atoms with Gasteiger partial charge in [0.25, 0.3) is 0 Å². The van der Waals surface area contributed by atoms with Gasteiger partial charge in [0.1, 0.15) is 0 Å². The van der Waals surface area contributed by atoms with E-state index in [-0.39, 0.29) is 12.7 Å². The summed E-state index contributed by atoms with van der Waals surface area (Å²) in [6, 6.07) is 13.3. The minimum absolute atomic E-state index is 0.0407. The number of fused-ring (bicyclic) bond motifs is 1. The first-order valence-corrected chi connectivity index (χ1v) is 7.31. The molecular formula is C17H18N2O3. The van der Waals surface area contributed by atoms with Crippen molar-refractivity contribution in [2.24, 2.45) is 0 Å². The van der Waals surface area contributed by atoms with Crippen LogP contribution in [0.15, 0.2) is 42.5 Å². The molecule has 114 valence electrons. The highest BCUT2D eigenvalue weighted by Crippen LogP contribution is 2.35. The molecule has 0 unspecified atom stereocenters. The van der Waals surface area contributed by atoms with Crippen LogP contribution in [0, 0.1) is 0 Å². The number of benzene rings is 2.